The van der Waals surface area contributed by atoms with Gasteiger partial charge in [0.1, 0.15) is 37.2 Å². The summed E-state index contributed by atoms with van der Waals surface area (Å²) in [5, 5.41) is 21.9. The highest BCUT2D eigenvalue weighted by molar-refractivity contribution is 7.54. The number of hydrazone groups is 1. The molecule has 0 spiro atoms. The van der Waals surface area contributed by atoms with E-state index in [-0.39, 0.29) is 37.8 Å². The second-order valence-corrected chi connectivity index (χ2v) is 14.6. The molecule has 290 valence electrons. The van der Waals surface area contributed by atoms with Crippen molar-refractivity contribution in [2.45, 2.75) is 129 Å². The van der Waals surface area contributed by atoms with Gasteiger partial charge in [0.25, 0.3) is 0 Å². The van der Waals surface area contributed by atoms with Gasteiger partial charge in [0.2, 0.25) is 5.60 Å². The number of nitrogens with one attached hydrogen (secondary N) is 2. The van der Waals surface area contributed by atoms with Gasteiger partial charge in [-0.25, -0.2) is 15.2 Å². The summed E-state index contributed by atoms with van der Waals surface area (Å²) in [5.41, 5.74) is 4.38. The van der Waals surface area contributed by atoms with Crippen LogP contribution in [-0.4, -0.2) is 103 Å². The number of aliphatic imine (C=N–C) groups is 1. The molecule has 18 nitrogen and oxygen atoms in total. The smallest absolute Gasteiger partial charge is 0.342 e. The Hall–Kier alpha value is -3.88. The minimum Gasteiger partial charge on any atom is -0.465 e. The van der Waals surface area contributed by atoms with E-state index < -0.39 is 80.2 Å². The molecular formula is C33H52N7O11P. The third kappa shape index (κ3) is 10.4. The summed E-state index contributed by atoms with van der Waals surface area (Å²) in [7, 11) is -4.48. The zero-order valence-electron chi connectivity index (χ0n) is 30.9. The number of hydrogen-bond donors (Lipinski definition) is 3. The highest BCUT2D eigenvalue weighted by atomic mass is 31.2. The Balaban J connectivity index is 2.10. The summed E-state index contributed by atoms with van der Waals surface area (Å²) < 4.78 is 48.9. The first-order valence-electron chi connectivity index (χ1n) is 17.7. The van der Waals surface area contributed by atoms with Crippen LogP contribution in [0.5, 0.6) is 0 Å². The van der Waals surface area contributed by atoms with Crippen LogP contribution < -0.4 is 15.9 Å². The molecule has 2 unspecified atom stereocenters. The summed E-state index contributed by atoms with van der Waals surface area (Å²) in [6.45, 7) is 10.8. The predicted molar refractivity (Wildman–Crippen MR) is 187 cm³/mol. The summed E-state index contributed by atoms with van der Waals surface area (Å²) in [4.78, 5) is 55.7. The minimum atomic E-state index is -4.48. The Labute approximate surface area is 304 Å². The topological polar surface area (TPSA) is 243 Å². The van der Waals surface area contributed by atoms with Gasteiger partial charge in [-0.3, -0.25) is 28.8 Å². The number of fused-ring (bicyclic) bond motifs is 1. The van der Waals surface area contributed by atoms with Gasteiger partial charge in [-0.1, -0.05) is 39.7 Å². The van der Waals surface area contributed by atoms with Gasteiger partial charge in [0.15, 0.2) is 18.0 Å². The molecule has 0 aliphatic carbocycles. The van der Waals surface area contributed by atoms with Crippen molar-refractivity contribution in [3.05, 3.63) is 11.8 Å². The molecule has 0 radical (unpaired) electrons. The van der Waals surface area contributed by atoms with Crippen LogP contribution in [0.15, 0.2) is 21.9 Å². The third-order valence-corrected chi connectivity index (χ3v) is 10.5. The summed E-state index contributed by atoms with van der Waals surface area (Å²) in [6, 6.07) is -1.13. The van der Waals surface area contributed by atoms with E-state index in [2.05, 4.69) is 26.3 Å². The Bertz CT molecular complexity index is 1450. The number of carbonyl (C=O) groups is 4. The second-order valence-electron chi connectivity index (χ2n) is 12.7. The fourth-order valence-corrected chi connectivity index (χ4v) is 7.74. The maximum absolute atomic E-state index is 14.4. The number of nitrogens with two attached hydrogens (primary N) is 1. The number of hydrogen-bond acceptors (Lipinski definition) is 16. The van der Waals surface area contributed by atoms with Crippen molar-refractivity contribution in [2.75, 3.05) is 19.8 Å². The average molecular weight is 754 g/mol. The number of ether oxygens (including phenoxy) is 5. The van der Waals surface area contributed by atoms with Crippen LogP contribution in [0.3, 0.4) is 0 Å². The summed E-state index contributed by atoms with van der Waals surface area (Å²) in [6.07, 6.45) is 1.30. The normalized spacial score (nSPS) is 26.3. The number of amidine groups is 1. The Kier molecular flexibility index (Phi) is 15.8. The maximum atomic E-state index is 14.4. The van der Waals surface area contributed by atoms with E-state index in [0.717, 1.165) is 0 Å². The lowest BCUT2D eigenvalue weighted by atomic mass is 9.91. The van der Waals surface area contributed by atoms with E-state index in [1.165, 1.54) is 20.2 Å². The molecule has 1 fully saturated rings. The lowest BCUT2D eigenvalue weighted by Crippen LogP contribution is -2.52. The van der Waals surface area contributed by atoms with Gasteiger partial charge < -0.3 is 33.9 Å². The fraction of sp³-hybridized carbons (Fsp3) is 0.727. The number of nitriles is 1. The molecule has 3 heterocycles. The number of esters is 4. The molecule has 3 aliphatic heterocycles. The van der Waals surface area contributed by atoms with Gasteiger partial charge in [0.05, 0.1) is 25.0 Å². The second kappa shape index (κ2) is 19.3. The first-order valence-corrected chi connectivity index (χ1v) is 19.3. The molecule has 3 rings (SSSR count). The Morgan fingerprint density at radius 3 is 2.10 bits per heavy atom. The van der Waals surface area contributed by atoms with Crippen LogP contribution in [0, 0.1) is 17.2 Å². The van der Waals surface area contributed by atoms with Gasteiger partial charge in [-0.2, -0.15) is 10.4 Å². The molecule has 0 saturated carbocycles. The highest BCUT2D eigenvalue weighted by Crippen LogP contribution is 2.47. The molecule has 1 saturated heterocycles. The quantitative estimate of drug-likeness (QED) is 0.0919. The van der Waals surface area contributed by atoms with Crippen molar-refractivity contribution >= 4 is 43.7 Å². The maximum Gasteiger partial charge on any atom is 0.342 e. The number of rotatable bonds is 20. The molecule has 4 N–H and O–H groups in total. The van der Waals surface area contributed by atoms with Crippen molar-refractivity contribution in [3.63, 3.8) is 0 Å². The monoisotopic (exact) mass is 753 g/mol. The average Bonchev–Trinajstić information content (AvgIpc) is 3.59. The zero-order valence-corrected chi connectivity index (χ0v) is 31.8. The molecule has 3 aliphatic rings. The number of nitrogens with zero attached hydrogens (tertiary/aromatic N) is 4. The molecular weight excluding hydrogens is 701 g/mol. The van der Waals surface area contributed by atoms with Gasteiger partial charge in [0, 0.05) is 18.8 Å². The van der Waals surface area contributed by atoms with Crippen molar-refractivity contribution < 1.29 is 52.0 Å². The number of unbranched alkanes of at least 4 members (excludes halogenated alkanes) is 2. The SMILES string of the molecule is CCCCC(=O)O[C@H]1[C@H](C2C(C)C=C3C(N)=NC=NN32)O[C@](C#N)(COP(=O)(N[C@@H](C)C(=O)OCC)N[C@@H](C)C(=O)OCC)[C@H]1OC(=O)CCCC. The Morgan fingerprint density at radius 1 is 1.02 bits per heavy atom. The van der Waals surface area contributed by atoms with Crippen LogP contribution in [-0.2, 0) is 52.0 Å². The van der Waals surface area contributed by atoms with Gasteiger partial charge in [-0.05, 0) is 40.5 Å². The van der Waals surface area contributed by atoms with Gasteiger partial charge >= 0.3 is 31.5 Å². The van der Waals surface area contributed by atoms with Gasteiger partial charge in [-0.15, -0.1) is 0 Å². The van der Waals surface area contributed by atoms with Crippen LogP contribution in [0.2, 0.25) is 0 Å². The fourth-order valence-electron chi connectivity index (χ4n) is 5.91. The molecule has 0 bridgehead atoms. The molecule has 19 heteroatoms. The van der Waals surface area contributed by atoms with Crippen molar-refractivity contribution in [1.29, 1.82) is 5.26 Å². The van der Waals surface area contributed by atoms with E-state index in [0.29, 0.717) is 31.4 Å². The lowest BCUT2D eigenvalue weighted by molar-refractivity contribution is -0.170. The van der Waals surface area contributed by atoms with Crippen molar-refractivity contribution in [2.24, 2.45) is 21.7 Å². The summed E-state index contributed by atoms with van der Waals surface area (Å²) >= 11 is 0. The molecule has 0 aromatic heterocycles. The molecule has 0 aromatic rings. The van der Waals surface area contributed by atoms with Crippen LogP contribution in [0.1, 0.15) is 87.0 Å². The van der Waals surface area contributed by atoms with E-state index >= 15 is 0 Å². The minimum absolute atomic E-state index is 0.0127. The van der Waals surface area contributed by atoms with E-state index in [4.69, 9.17) is 33.9 Å². The van der Waals surface area contributed by atoms with Crippen LogP contribution in [0.25, 0.3) is 0 Å². The van der Waals surface area contributed by atoms with Crippen LogP contribution in [0.4, 0.5) is 0 Å². The third-order valence-electron chi connectivity index (χ3n) is 8.54. The summed E-state index contributed by atoms with van der Waals surface area (Å²) in [5.74, 6) is -3.03. The molecule has 8 atom stereocenters. The van der Waals surface area contributed by atoms with E-state index in [9.17, 15) is 29.0 Å². The molecule has 52 heavy (non-hydrogen) atoms. The number of carbonyl (C=O) groups excluding carboxylic acids is 4. The predicted octanol–water partition coefficient (Wildman–Crippen LogP) is 2.58. The Morgan fingerprint density at radius 2 is 1.58 bits per heavy atom. The zero-order chi connectivity index (χ0) is 38.6. The largest absolute Gasteiger partial charge is 0.465 e. The van der Waals surface area contributed by atoms with E-state index in [1.54, 1.807) is 24.9 Å². The van der Waals surface area contributed by atoms with E-state index in [1.807, 2.05) is 20.8 Å². The first kappa shape index (κ1) is 42.5. The molecule has 0 aromatic carbocycles. The first-order chi connectivity index (χ1) is 24.7. The standard InChI is InChI=1S/C33H52N7O11P/c1-8-12-14-24(41)49-28-27(26-20(5)16-23-30(35)36-19-37-40(23)26)51-33(17-34,29(28)50-25(42)15-13-9-2)18-48-52(45,38-21(6)31(43)46-10-3)39-22(7)32(44)47-11-4/h16,19-22,26-29H,8-15,18H2,1-7H3,(H2,35,36,37)(H2,38,39,45)/t20?,21-,22-,26?,27-,28-,29-,33+/m0/s1. The lowest BCUT2D eigenvalue weighted by Gasteiger charge is -2.34. The highest BCUT2D eigenvalue weighted by Gasteiger charge is 2.64. The molecule has 0 amide bonds. The van der Waals surface area contributed by atoms with Crippen molar-refractivity contribution in [1.82, 2.24) is 15.2 Å². The van der Waals surface area contributed by atoms with Crippen LogP contribution >= 0.6 is 7.67 Å². The van der Waals surface area contributed by atoms with Crippen molar-refractivity contribution in [3.8, 4) is 6.07 Å².